The smallest absolute Gasteiger partial charge is 0.306 e. The first-order valence-corrected chi connectivity index (χ1v) is 7.76. The zero-order chi connectivity index (χ0) is 16.1. The summed E-state index contributed by atoms with van der Waals surface area (Å²) in [6, 6.07) is 7.64. The number of amides is 1. The molecule has 0 spiro atoms. The number of carbonyl (C=O) groups excluding carboxylic acids is 1. The number of benzene rings is 1. The zero-order valence-electron chi connectivity index (χ0n) is 13.1. The molecule has 1 saturated heterocycles. The van der Waals surface area contributed by atoms with Crippen LogP contribution in [-0.2, 0) is 9.59 Å². The van der Waals surface area contributed by atoms with E-state index in [-0.39, 0.29) is 11.8 Å². The lowest BCUT2D eigenvalue weighted by molar-refractivity contribution is -0.147. The van der Waals surface area contributed by atoms with Crippen molar-refractivity contribution in [1.82, 2.24) is 4.90 Å². The molecule has 0 radical (unpaired) electrons. The largest absolute Gasteiger partial charge is 0.481 e. The van der Waals surface area contributed by atoms with Gasteiger partial charge < -0.3 is 14.7 Å². The summed E-state index contributed by atoms with van der Waals surface area (Å²) >= 11 is 0. The van der Waals surface area contributed by atoms with E-state index in [1.54, 1.807) is 4.90 Å². The number of hydrogen-bond donors (Lipinski definition) is 1. The van der Waals surface area contributed by atoms with Gasteiger partial charge in [0.25, 0.3) is 5.91 Å². The van der Waals surface area contributed by atoms with Gasteiger partial charge in [-0.15, -0.1) is 0 Å². The third kappa shape index (κ3) is 4.00. The number of rotatable bonds is 5. The number of ether oxygens (including phenoxy) is 1. The Morgan fingerprint density at radius 3 is 2.59 bits per heavy atom. The molecule has 0 unspecified atom stereocenters. The van der Waals surface area contributed by atoms with Crippen LogP contribution in [0.15, 0.2) is 24.3 Å². The van der Waals surface area contributed by atoms with Crippen LogP contribution in [0.3, 0.4) is 0 Å². The monoisotopic (exact) mass is 305 g/mol. The number of likely N-dealkylation sites (tertiary alicyclic amines) is 1. The molecule has 1 aliphatic rings. The van der Waals surface area contributed by atoms with Gasteiger partial charge >= 0.3 is 5.97 Å². The molecule has 0 bridgehead atoms. The van der Waals surface area contributed by atoms with Crippen molar-refractivity contribution in [2.75, 3.05) is 13.1 Å². The van der Waals surface area contributed by atoms with Crippen molar-refractivity contribution in [2.45, 2.75) is 39.2 Å². The van der Waals surface area contributed by atoms with E-state index in [2.05, 4.69) is 0 Å². The minimum absolute atomic E-state index is 0.0483. The molecule has 5 heteroatoms. The fraction of sp³-hybridized carbons (Fsp3) is 0.529. The molecule has 0 aromatic heterocycles. The van der Waals surface area contributed by atoms with Crippen LogP contribution in [0.4, 0.5) is 0 Å². The predicted octanol–water partition coefficient (Wildman–Crippen LogP) is 2.48. The number of nitrogens with zero attached hydrogens (tertiary/aromatic N) is 1. The van der Waals surface area contributed by atoms with Crippen LogP contribution in [0.25, 0.3) is 0 Å². The van der Waals surface area contributed by atoms with Gasteiger partial charge in [0.2, 0.25) is 0 Å². The van der Waals surface area contributed by atoms with Crippen LogP contribution >= 0.6 is 0 Å². The van der Waals surface area contributed by atoms with Crippen molar-refractivity contribution in [3.05, 3.63) is 29.8 Å². The van der Waals surface area contributed by atoms with E-state index in [1.807, 2.05) is 38.1 Å². The summed E-state index contributed by atoms with van der Waals surface area (Å²) in [4.78, 5) is 25.2. The maximum absolute atomic E-state index is 12.5. The highest BCUT2D eigenvalue weighted by molar-refractivity contribution is 5.81. The number of piperidine rings is 1. The average Bonchev–Trinajstić information content (AvgIpc) is 2.52. The molecular weight excluding hydrogens is 282 g/mol. The summed E-state index contributed by atoms with van der Waals surface area (Å²) in [6.45, 7) is 4.88. The van der Waals surface area contributed by atoms with Crippen molar-refractivity contribution in [2.24, 2.45) is 5.92 Å². The first kappa shape index (κ1) is 16.3. The molecule has 1 fully saturated rings. The van der Waals surface area contributed by atoms with Crippen LogP contribution < -0.4 is 4.74 Å². The second-order valence-corrected chi connectivity index (χ2v) is 5.77. The van der Waals surface area contributed by atoms with E-state index in [0.29, 0.717) is 38.1 Å². The van der Waals surface area contributed by atoms with E-state index >= 15 is 0 Å². The normalized spacial score (nSPS) is 17.1. The highest BCUT2D eigenvalue weighted by Crippen LogP contribution is 2.21. The number of carbonyl (C=O) groups is 2. The van der Waals surface area contributed by atoms with Gasteiger partial charge in [0, 0.05) is 13.1 Å². The first-order valence-electron chi connectivity index (χ1n) is 7.76. The minimum atomic E-state index is -0.768. The van der Waals surface area contributed by atoms with Crippen molar-refractivity contribution < 1.29 is 19.4 Å². The van der Waals surface area contributed by atoms with E-state index in [9.17, 15) is 9.59 Å². The second-order valence-electron chi connectivity index (χ2n) is 5.77. The van der Waals surface area contributed by atoms with E-state index < -0.39 is 12.1 Å². The van der Waals surface area contributed by atoms with Gasteiger partial charge in [0.15, 0.2) is 6.10 Å². The van der Waals surface area contributed by atoms with Crippen LogP contribution in [0.5, 0.6) is 5.75 Å². The molecule has 1 atom stereocenters. The number of hydrogen-bond acceptors (Lipinski definition) is 3. The van der Waals surface area contributed by atoms with Crippen LogP contribution in [0.2, 0.25) is 0 Å². The van der Waals surface area contributed by atoms with E-state index in [1.165, 1.54) is 0 Å². The van der Waals surface area contributed by atoms with Crippen molar-refractivity contribution in [1.29, 1.82) is 0 Å². The molecule has 1 aliphatic heterocycles. The summed E-state index contributed by atoms with van der Waals surface area (Å²) in [6.07, 6.45) is 1.11. The van der Waals surface area contributed by atoms with Crippen molar-refractivity contribution in [3.8, 4) is 5.75 Å². The van der Waals surface area contributed by atoms with E-state index in [4.69, 9.17) is 9.84 Å². The molecule has 0 saturated carbocycles. The van der Waals surface area contributed by atoms with Gasteiger partial charge in [-0.05, 0) is 43.9 Å². The third-order valence-electron chi connectivity index (χ3n) is 4.07. The Morgan fingerprint density at radius 1 is 1.36 bits per heavy atom. The maximum atomic E-state index is 12.5. The van der Waals surface area contributed by atoms with Gasteiger partial charge in [0.1, 0.15) is 5.75 Å². The van der Waals surface area contributed by atoms with Gasteiger partial charge in [0.05, 0.1) is 5.92 Å². The molecule has 1 aromatic rings. The van der Waals surface area contributed by atoms with E-state index in [0.717, 1.165) is 5.56 Å². The highest BCUT2D eigenvalue weighted by atomic mass is 16.5. The fourth-order valence-corrected chi connectivity index (χ4v) is 2.71. The highest BCUT2D eigenvalue weighted by Gasteiger charge is 2.30. The Kier molecular flexibility index (Phi) is 5.41. The summed E-state index contributed by atoms with van der Waals surface area (Å²) in [5.41, 5.74) is 1.09. The minimum Gasteiger partial charge on any atom is -0.481 e. The fourth-order valence-electron chi connectivity index (χ4n) is 2.71. The molecule has 1 aromatic carbocycles. The molecule has 1 heterocycles. The van der Waals surface area contributed by atoms with Crippen molar-refractivity contribution >= 4 is 11.9 Å². The van der Waals surface area contributed by atoms with Gasteiger partial charge in [-0.25, -0.2) is 0 Å². The summed E-state index contributed by atoms with van der Waals surface area (Å²) in [5.74, 6) is -0.453. The Balaban J connectivity index is 1.96. The van der Waals surface area contributed by atoms with Crippen LogP contribution in [-0.4, -0.2) is 41.1 Å². The van der Waals surface area contributed by atoms with Gasteiger partial charge in [-0.1, -0.05) is 19.1 Å². The Labute approximate surface area is 130 Å². The zero-order valence-corrected chi connectivity index (χ0v) is 13.1. The lowest BCUT2D eigenvalue weighted by atomic mass is 9.96. The van der Waals surface area contributed by atoms with Crippen molar-refractivity contribution in [3.63, 3.8) is 0 Å². The van der Waals surface area contributed by atoms with Gasteiger partial charge in [-0.3, -0.25) is 9.59 Å². The molecule has 22 heavy (non-hydrogen) atoms. The SMILES string of the molecule is CC[C@H](Oc1cccc(C)c1)C(=O)N1CCC(C(=O)O)CC1. The van der Waals surface area contributed by atoms with Crippen LogP contribution in [0.1, 0.15) is 31.7 Å². The Morgan fingerprint density at radius 2 is 2.05 bits per heavy atom. The molecule has 120 valence electrons. The summed E-state index contributed by atoms with van der Waals surface area (Å²) in [7, 11) is 0. The maximum Gasteiger partial charge on any atom is 0.306 e. The third-order valence-corrected chi connectivity index (χ3v) is 4.07. The van der Waals surface area contributed by atoms with Gasteiger partial charge in [-0.2, -0.15) is 0 Å². The molecule has 0 aliphatic carbocycles. The first-order chi connectivity index (χ1) is 10.5. The topological polar surface area (TPSA) is 66.8 Å². The Bertz CT molecular complexity index is 535. The quantitative estimate of drug-likeness (QED) is 0.907. The standard InChI is InChI=1S/C17H23NO4/c1-3-15(22-14-6-4-5-12(2)11-14)16(19)18-9-7-13(8-10-18)17(20)21/h4-6,11,13,15H,3,7-10H2,1-2H3,(H,20,21)/t15-/m0/s1. The molecule has 5 nitrogen and oxygen atoms in total. The predicted molar refractivity (Wildman–Crippen MR) is 82.8 cm³/mol. The summed E-state index contributed by atoms with van der Waals surface area (Å²) < 4.78 is 5.83. The summed E-state index contributed by atoms with van der Waals surface area (Å²) in [5, 5.41) is 9.01. The number of carboxylic acids is 1. The molecular formula is C17H23NO4. The lowest BCUT2D eigenvalue weighted by Gasteiger charge is -2.32. The Hall–Kier alpha value is -2.04. The number of aliphatic carboxylic acids is 1. The second kappa shape index (κ2) is 7.29. The lowest BCUT2D eigenvalue weighted by Crippen LogP contribution is -2.46. The number of carboxylic acid groups (broad SMARTS) is 1. The number of aryl methyl sites for hydroxylation is 1. The van der Waals surface area contributed by atoms with Crippen LogP contribution in [0, 0.1) is 12.8 Å². The molecule has 1 amide bonds. The molecule has 2 rings (SSSR count). The average molecular weight is 305 g/mol. The molecule has 1 N–H and O–H groups in total.